The van der Waals surface area contributed by atoms with Crippen LogP contribution in [0.4, 0.5) is 4.39 Å². The fourth-order valence-corrected chi connectivity index (χ4v) is 5.33. The molecule has 0 aliphatic carbocycles. The van der Waals surface area contributed by atoms with Gasteiger partial charge in [0.2, 0.25) is 15.9 Å². The lowest BCUT2D eigenvalue weighted by Crippen LogP contribution is -2.43. The Kier molecular flexibility index (Phi) is 7.26. The highest BCUT2D eigenvalue weighted by molar-refractivity contribution is 7.88. The number of hydrogen-bond donors (Lipinski definition) is 1. The molecule has 1 fully saturated rings. The third-order valence-corrected chi connectivity index (χ3v) is 7.59. The zero-order chi connectivity index (χ0) is 21.7. The third-order valence-electron chi connectivity index (χ3n) is 5.76. The van der Waals surface area contributed by atoms with Gasteiger partial charge in [-0.05, 0) is 43.4 Å². The summed E-state index contributed by atoms with van der Waals surface area (Å²) in [5.41, 5.74) is 2.46. The van der Waals surface area contributed by atoms with E-state index in [0.717, 1.165) is 12.0 Å². The van der Waals surface area contributed by atoms with Crippen molar-refractivity contribution in [3.05, 3.63) is 71.0 Å². The van der Waals surface area contributed by atoms with E-state index in [2.05, 4.69) is 24.4 Å². The van der Waals surface area contributed by atoms with Crippen molar-refractivity contribution in [2.45, 2.75) is 44.9 Å². The highest BCUT2D eigenvalue weighted by Crippen LogP contribution is 2.24. The molecule has 0 bridgehead atoms. The van der Waals surface area contributed by atoms with Gasteiger partial charge in [0.15, 0.2) is 0 Å². The molecule has 2 aromatic rings. The summed E-state index contributed by atoms with van der Waals surface area (Å²) >= 11 is 0. The van der Waals surface area contributed by atoms with Crippen LogP contribution >= 0.6 is 0 Å². The van der Waals surface area contributed by atoms with Gasteiger partial charge in [0.05, 0.1) is 11.8 Å². The van der Waals surface area contributed by atoms with Crippen LogP contribution in [0.5, 0.6) is 0 Å². The van der Waals surface area contributed by atoms with Crippen LogP contribution in [0.3, 0.4) is 0 Å². The van der Waals surface area contributed by atoms with Gasteiger partial charge in [0.25, 0.3) is 0 Å². The topological polar surface area (TPSA) is 66.5 Å². The minimum Gasteiger partial charge on any atom is -0.349 e. The first kappa shape index (κ1) is 22.4. The van der Waals surface area contributed by atoms with Crippen LogP contribution in [0.25, 0.3) is 0 Å². The van der Waals surface area contributed by atoms with E-state index in [9.17, 15) is 17.6 Å². The number of nitrogens with zero attached hydrogens (tertiary/aromatic N) is 1. The number of hydrogen-bond acceptors (Lipinski definition) is 3. The first-order chi connectivity index (χ1) is 14.3. The molecule has 0 radical (unpaired) electrons. The van der Waals surface area contributed by atoms with E-state index < -0.39 is 15.8 Å². The van der Waals surface area contributed by atoms with Gasteiger partial charge in [-0.2, -0.15) is 0 Å². The van der Waals surface area contributed by atoms with Crippen molar-refractivity contribution in [2.75, 3.05) is 13.1 Å². The molecule has 1 saturated heterocycles. The summed E-state index contributed by atoms with van der Waals surface area (Å²) in [6.07, 6.45) is 1.90. The maximum atomic E-state index is 13.8. The van der Waals surface area contributed by atoms with Crippen LogP contribution in [0.1, 0.15) is 49.4 Å². The number of amides is 1. The fraction of sp³-hybridized carbons (Fsp3) is 0.435. The van der Waals surface area contributed by atoms with E-state index in [4.69, 9.17) is 0 Å². The first-order valence-electron chi connectivity index (χ1n) is 10.4. The number of sulfonamides is 1. The molecule has 162 valence electrons. The monoisotopic (exact) mass is 432 g/mol. The molecule has 1 amide bonds. The summed E-state index contributed by atoms with van der Waals surface area (Å²) in [4.78, 5) is 12.7. The van der Waals surface area contributed by atoms with Gasteiger partial charge in [-0.15, -0.1) is 0 Å². The number of halogens is 1. The SMILES string of the molecule is CCc1ccc([C@@H](C)NC(=O)C2CCN(S(=O)(=O)Cc3ccccc3F)CC2)cc1. The van der Waals surface area contributed by atoms with Gasteiger partial charge >= 0.3 is 0 Å². The van der Waals surface area contributed by atoms with Crippen molar-refractivity contribution in [2.24, 2.45) is 5.92 Å². The van der Waals surface area contributed by atoms with E-state index in [0.29, 0.717) is 12.8 Å². The van der Waals surface area contributed by atoms with Crippen molar-refractivity contribution >= 4 is 15.9 Å². The number of nitrogens with one attached hydrogen (secondary N) is 1. The molecule has 0 saturated carbocycles. The van der Waals surface area contributed by atoms with E-state index in [1.54, 1.807) is 6.07 Å². The Bertz CT molecular complexity index is 968. The number of carbonyl (C=O) groups is 1. The Balaban J connectivity index is 1.54. The first-order valence-corrected chi connectivity index (χ1v) is 12.0. The predicted molar refractivity (Wildman–Crippen MR) is 116 cm³/mol. The molecular formula is C23H29FN2O3S. The molecule has 3 rings (SSSR count). The molecule has 0 unspecified atom stereocenters. The molecule has 1 heterocycles. The summed E-state index contributed by atoms with van der Waals surface area (Å²) in [5, 5.41) is 3.05. The second kappa shape index (κ2) is 9.71. The lowest BCUT2D eigenvalue weighted by atomic mass is 9.96. The summed E-state index contributed by atoms with van der Waals surface area (Å²) in [7, 11) is -3.62. The Labute approximate surface area is 178 Å². The fourth-order valence-electron chi connectivity index (χ4n) is 3.76. The molecule has 7 heteroatoms. The molecule has 5 nitrogen and oxygen atoms in total. The average molecular weight is 433 g/mol. The lowest BCUT2D eigenvalue weighted by molar-refractivity contribution is -0.126. The van der Waals surface area contributed by atoms with Crippen molar-refractivity contribution in [3.63, 3.8) is 0 Å². The van der Waals surface area contributed by atoms with Crippen molar-refractivity contribution in [1.82, 2.24) is 9.62 Å². The normalized spacial score (nSPS) is 16.9. The second-order valence-electron chi connectivity index (χ2n) is 7.85. The van der Waals surface area contributed by atoms with Crippen LogP contribution in [-0.4, -0.2) is 31.7 Å². The summed E-state index contributed by atoms with van der Waals surface area (Å²) in [6.45, 7) is 4.60. The number of rotatable bonds is 7. The summed E-state index contributed by atoms with van der Waals surface area (Å²) < 4.78 is 40.5. The molecule has 30 heavy (non-hydrogen) atoms. The lowest BCUT2D eigenvalue weighted by Gasteiger charge is -2.31. The van der Waals surface area contributed by atoms with Gasteiger partial charge < -0.3 is 5.32 Å². The van der Waals surface area contributed by atoms with E-state index in [1.165, 1.54) is 28.1 Å². The van der Waals surface area contributed by atoms with E-state index >= 15 is 0 Å². The van der Waals surface area contributed by atoms with E-state index in [-0.39, 0.29) is 42.3 Å². The third kappa shape index (κ3) is 5.46. The Morgan fingerprint density at radius 1 is 1.13 bits per heavy atom. The zero-order valence-electron chi connectivity index (χ0n) is 17.5. The van der Waals surface area contributed by atoms with Crippen LogP contribution < -0.4 is 5.32 Å². The Hall–Kier alpha value is -2.25. The largest absolute Gasteiger partial charge is 0.349 e. The number of aryl methyl sites for hydroxylation is 1. The minimum atomic E-state index is -3.62. The molecular weight excluding hydrogens is 403 g/mol. The maximum absolute atomic E-state index is 13.8. The molecule has 1 aliphatic rings. The highest BCUT2D eigenvalue weighted by atomic mass is 32.2. The van der Waals surface area contributed by atoms with Crippen molar-refractivity contribution in [1.29, 1.82) is 0 Å². The van der Waals surface area contributed by atoms with Crippen LogP contribution in [-0.2, 0) is 27.0 Å². The number of carbonyl (C=O) groups excluding carboxylic acids is 1. The van der Waals surface area contributed by atoms with E-state index in [1.807, 2.05) is 19.1 Å². The molecule has 1 N–H and O–H groups in total. The number of piperidine rings is 1. The Morgan fingerprint density at radius 3 is 2.37 bits per heavy atom. The van der Waals surface area contributed by atoms with Gasteiger partial charge in [0.1, 0.15) is 5.82 Å². The highest BCUT2D eigenvalue weighted by Gasteiger charge is 2.32. The van der Waals surface area contributed by atoms with Gasteiger partial charge in [-0.25, -0.2) is 17.1 Å². The minimum absolute atomic E-state index is 0.0479. The second-order valence-corrected chi connectivity index (χ2v) is 9.82. The Morgan fingerprint density at radius 2 is 1.77 bits per heavy atom. The van der Waals surface area contributed by atoms with Crippen LogP contribution in [0.15, 0.2) is 48.5 Å². The quantitative estimate of drug-likeness (QED) is 0.724. The van der Waals surface area contributed by atoms with Gasteiger partial charge in [0, 0.05) is 24.6 Å². The molecule has 1 atom stereocenters. The molecule has 1 aliphatic heterocycles. The predicted octanol–water partition coefficient (Wildman–Crippen LogP) is 3.81. The standard InChI is InChI=1S/C23H29FN2O3S/c1-3-18-8-10-19(11-9-18)17(2)25-23(27)20-12-14-26(15-13-20)30(28,29)16-21-6-4-5-7-22(21)24/h4-11,17,20H,3,12-16H2,1-2H3,(H,25,27)/t17-/m1/s1. The van der Waals surface area contributed by atoms with Crippen molar-refractivity contribution in [3.8, 4) is 0 Å². The smallest absolute Gasteiger partial charge is 0.223 e. The average Bonchev–Trinajstić information content (AvgIpc) is 2.75. The molecule has 0 aromatic heterocycles. The van der Waals surface area contributed by atoms with Gasteiger partial charge in [-0.1, -0.05) is 49.4 Å². The molecule has 0 spiro atoms. The number of benzene rings is 2. The van der Waals surface area contributed by atoms with Crippen LogP contribution in [0.2, 0.25) is 0 Å². The zero-order valence-corrected chi connectivity index (χ0v) is 18.3. The van der Waals surface area contributed by atoms with Gasteiger partial charge in [-0.3, -0.25) is 4.79 Å². The van der Waals surface area contributed by atoms with Crippen molar-refractivity contribution < 1.29 is 17.6 Å². The molecule has 2 aromatic carbocycles. The van der Waals surface area contributed by atoms with Crippen LogP contribution in [0, 0.1) is 11.7 Å². The summed E-state index contributed by atoms with van der Waals surface area (Å²) in [6, 6.07) is 14.0. The maximum Gasteiger partial charge on any atom is 0.223 e. The summed E-state index contributed by atoms with van der Waals surface area (Å²) in [5.74, 6) is -1.15.